The van der Waals surface area contributed by atoms with E-state index < -0.39 is 0 Å². The number of aliphatic hydroxyl groups excluding tert-OH is 1. The molecule has 0 aliphatic carbocycles. The second-order valence-electron chi connectivity index (χ2n) is 10.3. The molecule has 3 aliphatic rings. The third kappa shape index (κ3) is 5.41. The first-order chi connectivity index (χ1) is 14.8. The van der Waals surface area contributed by atoms with Crippen molar-refractivity contribution in [2.24, 2.45) is 11.3 Å². The van der Waals surface area contributed by atoms with Gasteiger partial charge in [0.2, 0.25) is 5.91 Å². The Morgan fingerprint density at radius 2 is 1.90 bits per heavy atom. The van der Waals surface area contributed by atoms with Gasteiger partial charge in [-0.3, -0.25) is 9.69 Å². The molecule has 1 amide bonds. The number of likely N-dealkylation sites (tertiary alicyclic amines) is 2. The maximum atomic E-state index is 12.8. The highest BCUT2D eigenvalue weighted by Gasteiger charge is 2.43. The SMILES string of the molecule is C[C@@H]1CCN(C[C@H]2CC3(CCN(C(=O)Cc4ccc(N(C)C)cc4)CC3)CO2)C[C@H]1O. The molecule has 0 unspecified atom stereocenters. The van der Waals surface area contributed by atoms with Gasteiger partial charge >= 0.3 is 0 Å². The van der Waals surface area contributed by atoms with Crippen LogP contribution in [0.25, 0.3) is 0 Å². The van der Waals surface area contributed by atoms with Gasteiger partial charge in [-0.05, 0) is 61.3 Å². The summed E-state index contributed by atoms with van der Waals surface area (Å²) < 4.78 is 6.20. The van der Waals surface area contributed by atoms with Gasteiger partial charge in [0.25, 0.3) is 0 Å². The lowest BCUT2D eigenvalue weighted by molar-refractivity contribution is -0.132. The molecule has 3 fully saturated rings. The highest BCUT2D eigenvalue weighted by atomic mass is 16.5. The van der Waals surface area contributed by atoms with Gasteiger partial charge in [0.05, 0.1) is 25.2 Å². The average molecular weight is 430 g/mol. The molecule has 3 heterocycles. The zero-order chi connectivity index (χ0) is 22.0. The first-order valence-electron chi connectivity index (χ1n) is 11.9. The number of nitrogens with zero attached hydrogens (tertiary/aromatic N) is 3. The number of rotatable bonds is 5. The first kappa shape index (κ1) is 22.6. The minimum atomic E-state index is -0.211. The number of carbonyl (C=O) groups is 1. The number of β-amino-alcohol motifs (C(OH)–C–C–N with tert-alkyl or cyclic N) is 1. The van der Waals surface area contributed by atoms with Gasteiger partial charge < -0.3 is 19.6 Å². The number of carbonyl (C=O) groups excluding carboxylic acids is 1. The predicted molar refractivity (Wildman–Crippen MR) is 123 cm³/mol. The largest absolute Gasteiger partial charge is 0.392 e. The van der Waals surface area contributed by atoms with Crippen LogP contribution in [0.15, 0.2) is 24.3 Å². The minimum absolute atomic E-state index is 0.211. The topological polar surface area (TPSA) is 56.2 Å². The second-order valence-corrected chi connectivity index (χ2v) is 10.3. The summed E-state index contributed by atoms with van der Waals surface area (Å²) >= 11 is 0. The fraction of sp³-hybridized carbons (Fsp3) is 0.720. The van der Waals surface area contributed by atoms with E-state index in [9.17, 15) is 9.90 Å². The fourth-order valence-electron chi connectivity index (χ4n) is 5.36. The summed E-state index contributed by atoms with van der Waals surface area (Å²) in [5, 5.41) is 10.2. The molecule has 6 nitrogen and oxygen atoms in total. The average Bonchev–Trinajstić information content (AvgIpc) is 3.13. The number of piperidine rings is 2. The monoisotopic (exact) mass is 429 g/mol. The molecule has 172 valence electrons. The lowest BCUT2D eigenvalue weighted by Gasteiger charge is -2.39. The van der Waals surface area contributed by atoms with Crippen molar-refractivity contribution in [3.05, 3.63) is 29.8 Å². The number of aliphatic hydroxyl groups is 1. The van der Waals surface area contributed by atoms with E-state index in [1.54, 1.807) is 0 Å². The molecule has 31 heavy (non-hydrogen) atoms. The number of hydrogen-bond donors (Lipinski definition) is 1. The van der Waals surface area contributed by atoms with Crippen molar-refractivity contribution >= 4 is 11.6 Å². The number of amides is 1. The summed E-state index contributed by atoms with van der Waals surface area (Å²) in [6.45, 7) is 7.39. The van der Waals surface area contributed by atoms with Crippen LogP contribution in [0.2, 0.25) is 0 Å². The molecule has 3 saturated heterocycles. The van der Waals surface area contributed by atoms with Crippen LogP contribution in [-0.4, -0.2) is 86.4 Å². The first-order valence-corrected chi connectivity index (χ1v) is 11.9. The molecule has 1 N–H and O–H groups in total. The molecule has 0 saturated carbocycles. The van der Waals surface area contributed by atoms with Crippen molar-refractivity contribution in [3.63, 3.8) is 0 Å². The van der Waals surface area contributed by atoms with Gasteiger partial charge in [-0.2, -0.15) is 0 Å². The minimum Gasteiger partial charge on any atom is -0.392 e. The van der Waals surface area contributed by atoms with Crippen molar-refractivity contribution in [1.29, 1.82) is 0 Å². The van der Waals surface area contributed by atoms with Gasteiger partial charge in [0.15, 0.2) is 0 Å². The molecule has 1 spiro atoms. The summed E-state index contributed by atoms with van der Waals surface area (Å²) in [5.74, 6) is 0.638. The number of ether oxygens (including phenoxy) is 1. The van der Waals surface area contributed by atoms with Crippen LogP contribution in [0.5, 0.6) is 0 Å². The van der Waals surface area contributed by atoms with Crippen molar-refractivity contribution in [1.82, 2.24) is 9.80 Å². The van der Waals surface area contributed by atoms with E-state index >= 15 is 0 Å². The number of hydrogen-bond acceptors (Lipinski definition) is 5. The fourth-order valence-corrected chi connectivity index (χ4v) is 5.36. The van der Waals surface area contributed by atoms with Crippen LogP contribution in [0.4, 0.5) is 5.69 Å². The van der Waals surface area contributed by atoms with Crippen LogP contribution in [0.3, 0.4) is 0 Å². The molecule has 0 bridgehead atoms. The van der Waals surface area contributed by atoms with E-state index in [0.29, 0.717) is 12.3 Å². The second kappa shape index (κ2) is 9.47. The van der Waals surface area contributed by atoms with Crippen LogP contribution >= 0.6 is 0 Å². The molecule has 1 aromatic rings. The Kier molecular flexibility index (Phi) is 6.89. The van der Waals surface area contributed by atoms with Crippen molar-refractivity contribution in [2.75, 3.05) is 58.3 Å². The summed E-state index contributed by atoms with van der Waals surface area (Å²) in [6.07, 6.45) is 4.76. The van der Waals surface area contributed by atoms with Gasteiger partial charge in [-0.1, -0.05) is 19.1 Å². The quantitative estimate of drug-likeness (QED) is 0.779. The molecular formula is C25H39N3O3. The molecule has 3 aliphatic heterocycles. The lowest BCUT2D eigenvalue weighted by atomic mass is 9.76. The van der Waals surface area contributed by atoms with Crippen LogP contribution in [-0.2, 0) is 16.0 Å². The smallest absolute Gasteiger partial charge is 0.226 e. The Bertz CT molecular complexity index is 743. The van der Waals surface area contributed by atoms with Crippen molar-refractivity contribution in [3.8, 4) is 0 Å². The van der Waals surface area contributed by atoms with Gasteiger partial charge in [0, 0.05) is 46.0 Å². The summed E-state index contributed by atoms with van der Waals surface area (Å²) in [4.78, 5) is 19.3. The van der Waals surface area contributed by atoms with E-state index in [2.05, 4.69) is 41.0 Å². The van der Waals surface area contributed by atoms with Gasteiger partial charge in [0.1, 0.15) is 0 Å². The highest BCUT2D eigenvalue weighted by Crippen LogP contribution is 2.42. The Morgan fingerprint density at radius 3 is 2.55 bits per heavy atom. The third-order valence-electron chi connectivity index (χ3n) is 7.74. The van der Waals surface area contributed by atoms with Crippen LogP contribution in [0, 0.1) is 11.3 Å². The maximum Gasteiger partial charge on any atom is 0.226 e. The van der Waals surface area contributed by atoms with Gasteiger partial charge in [-0.15, -0.1) is 0 Å². The molecule has 0 aromatic heterocycles. The Morgan fingerprint density at radius 1 is 1.19 bits per heavy atom. The van der Waals surface area contributed by atoms with Crippen LogP contribution < -0.4 is 4.90 Å². The standard InChI is InChI=1S/C25H39N3O3/c1-19-8-11-27(17-23(19)29)16-22-15-25(18-31-22)9-12-28(13-10-25)24(30)14-20-4-6-21(7-5-20)26(2)3/h4-7,19,22-23,29H,8-18H2,1-3H3/t19-,22-,23-/m1/s1. The van der Waals surface area contributed by atoms with E-state index in [4.69, 9.17) is 4.74 Å². The van der Waals surface area contributed by atoms with E-state index in [1.165, 1.54) is 0 Å². The molecule has 0 radical (unpaired) electrons. The molecule has 6 heteroatoms. The molecule has 3 atom stereocenters. The van der Waals surface area contributed by atoms with E-state index in [-0.39, 0.29) is 23.5 Å². The molecule has 1 aromatic carbocycles. The van der Waals surface area contributed by atoms with Gasteiger partial charge in [-0.25, -0.2) is 0 Å². The maximum absolute atomic E-state index is 12.8. The Labute approximate surface area is 187 Å². The van der Waals surface area contributed by atoms with E-state index in [1.807, 2.05) is 19.0 Å². The van der Waals surface area contributed by atoms with Crippen LogP contribution in [0.1, 0.15) is 38.2 Å². The Balaban J connectivity index is 1.23. The van der Waals surface area contributed by atoms with Crippen molar-refractivity contribution < 1.29 is 14.6 Å². The zero-order valence-corrected chi connectivity index (χ0v) is 19.4. The van der Waals surface area contributed by atoms with E-state index in [0.717, 1.165) is 76.3 Å². The zero-order valence-electron chi connectivity index (χ0n) is 19.4. The van der Waals surface area contributed by atoms with Crippen molar-refractivity contribution in [2.45, 2.75) is 51.2 Å². The Hall–Kier alpha value is -1.63. The summed E-state index contributed by atoms with van der Waals surface area (Å²) in [6, 6.07) is 8.27. The summed E-state index contributed by atoms with van der Waals surface area (Å²) in [5.41, 5.74) is 2.47. The normalized spacial score (nSPS) is 28.8. The number of anilines is 1. The summed E-state index contributed by atoms with van der Waals surface area (Å²) in [7, 11) is 4.05. The molecular weight excluding hydrogens is 390 g/mol. The number of benzene rings is 1. The highest BCUT2D eigenvalue weighted by molar-refractivity contribution is 5.79. The third-order valence-corrected chi connectivity index (χ3v) is 7.74. The lowest BCUT2D eigenvalue weighted by Crippen LogP contribution is -2.46. The predicted octanol–water partition coefficient (Wildman–Crippen LogP) is 2.40. The molecule has 4 rings (SSSR count).